The van der Waals surface area contributed by atoms with Gasteiger partial charge in [0.05, 0.1) is 13.2 Å². The average Bonchev–Trinajstić information content (AvgIpc) is 2.69. The molecule has 25 heavy (non-hydrogen) atoms. The predicted octanol–water partition coefficient (Wildman–Crippen LogP) is 3.32. The second-order valence-corrected chi connectivity index (χ2v) is 5.98. The Morgan fingerprint density at radius 3 is 2.72 bits per heavy atom. The van der Waals surface area contributed by atoms with Gasteiger partial charge in [0.1, 0.15) is 5.82 Å². The molecule has 1 aliphatic heterocycles. The molecule has 2 aromatic carbocycles. The number of rotatable bonds is 3. The van der Waals surface area contributed by atoms with E-state index in [0.717, 1.165) is 35.4 Å². The molecule has 0 spiro atoms. The topological polar surface area (TPSA) is 54.5 Å². The number of nitrogens with one attached hydrogen (secondary N) is 1. The minimum atomic E-state index is -0.131. The van der Waals surface area contributed by atoms with E-state index in [1.165, 1.54) is 0 Å². The number of morpholine rings is 1. The van der Waals surface area contributed by atoms with Gasteiger partial charge < -0.3 is 15.0 Å². The predicted molar refractivity (Wildman–Crippen MR) is 99.2 cm³/mol. The first-order valence-corrected chi connectivity index (χ1v) is 8.39. The van der Waals surface area contributed by atoms with Crippen LogP contribution >= 0.6 is 0 Å². The first-order chi connectivity index (χ1) is 12.3. The number of carbonyl (C=O) groups is 1. The van der Waals surface area contributed by atoms with Gasteiger partial charge in [-0.1, -0.05) is 36.4 Å². The lowest BCUT2D eigenvalue weighted by Crippen LogP contribution is -2.36. The fourth-order valence-corrected chi connectivity index (χ4v) is 3.05. The Morgan fingerprint density at radius 1 is 1.04 bits per heavy atom. The summed E-state index contributed by atoms with van der Waals surface area (Å²) in [5.41, 5.74) is 1.41. The quantitative estimate of drug-likeness (QED) is 0.799. The number of hydrogen-bond acceptors (Lipinski definition) is 4. The van der Waals surface area contributed by atoms with E-state index >= 15 is 0 Å². The molecule has 126 valence electrons. The van der Waals surface area contributed by atoms with Crippen molar-refractivity contribution in [1.29, 1.82) is 0 Å². The van der Waals surface area contributed by atoms with Gasteiger partial charge in [-0.25, -0.2) is 4.98 Å². The summed E-state index contributed by atoms with van der Waals surface area (Å²) in [6, 6.07) is 17.5. The molecule has 5 nitrogen and oxygen atoms in total. The number of hydrogen-bond donors (Lipinski definition) is 1. The second kappa shape index (κ2) is 6.91. The zero-order valence-electron chi connectivity index (χ0n) is 13.8. The van der Waals surface area contributed by atoms with Crippen molar-refractivity contribution in [3.8, 4) is 0 Å². The Bertz CT molecular complexity index is 899. The normalized spacial score (nSPS) is 14.5. The van der Waals surface area contributed by atoms with E-state index in [9.17, 15) is 4.79 Å². The maximum atomic E-state index is 12.7. The van der Waals surface area contributed by atoms with Crippen molar-refractivity contribution >= 4 is 28.2 Å². The van der Waals surface area contributed by atoms with Gasteiger partial charge in [-0.05, 0) is 23.6 Å². The van der Waals surface area contributed by atoms with Crippen LogP contribution in [0.1, 0.15) is 10.4 Å². The molecule has 1 fully saturated rings. The molecule has 1 aromatic heterocycles. The van der Waals surface area contributed by atoms with Gasteiger partial charge >= 0.3 is 0 Å². The van der Waals surface area contributed by atoms with Crippen LogP contribution < -0.4 is 10.2 Å². The van der Waals surface area contributed by atoms with E-state index in [0.29, 0.717) is 18.8 Å². The molecule has 0 radical (unpaired) electrons. The van der Waals surface area contributed by atoms with E-state index in [1.807, 2.05) is 48.5 Å². The standard InChI is InChI=1S/C20H19N3O2/c24-20(22-18-7-3-5-15-4-1-2-6-17(15)18)16-8-9-21-19(14-16)23-10-12-25-13-11-23/h1-9,14H,10-13H2,(H,22,24). The lowest BCUT2D eigenvalue weighted by molar-refractivity contribution is 0.102. The number of ether oxygens (including phenoxy) is 1. The third-order valence-electron chi connectivity index (χ3n) is 4.38. The Labute approximate surface area is 146 Å². The molecule has 1 N–H and O–H groups in total. The third-order valence-corrected chi connectivity index (χ3v) is 4.38. The molecule has 1 amide bonds. The van der Waals surface area contributed by atoms with Crippen molar-refractivity contribution in [1.82, 2.24) is 4.98 Å². The number of amides is 1. The van der Waals surface area contributed by atoms with Crippen molar-refractivity contribution < 1.29 is 9.53 Å². The van der Waals surface area contributed by atoms with Crippen LogP contribution in [0.15, 0.2) is 60.8 Å². The largest absolute Gasteiger partial charge is 0.378 e. The Hall–Kier alpha value is -2.92. The van der Waals surface area contributed by atoms with E-state index < -0.39 is 0 Å². The van der Waals surface area contributed by atoms with Crippen molar-refractivity contribution in [2.45, 2.75) is 0 Å². The molecular formula is C20H19N3O2. The van der Waals surface area contributed by atoms with Crippen molar-refractivity contribution in [3.63, 3.8) is 0 Å². The van der Waals surface area contributed by atoms with Crippen LogP contribution in [0.3, 0.4) is 0 Å². The number of pyridine rings is 1. The molecule has 2 heterocycles. The minimum Gasteiger partial charge on any atom is -0.378 e. The first-order valence-electron chi connectivity index (χ1n) is 8.39. The molecular weight excluding hydrogens is 314 g/mol. The summed E-state index contributed by atoms with van der Waals surface area (Å²) in [5.74, 6) is 0.683. The van der Waals surface area contributed by atoms with Crippen LogP contribution in [-0.4, -0.2) is 37.2 Å². The summed E-state index contributed by atoms with van der Waals surface area (Å²) >= 11 is 0. The number of aromatic nitrogens is 1. The molecule has 0 saturated carbocycles. The van der Waals surface area contributed by atoms with E-state index in [1.54, 1.807) is 12.3 Å². The number of benzene rings is 2. The summed E-state index contributed by atoms with van der Waals surface area (Å²) in [6.07, 6.45) is 1.68. The molecule has 5 heteroatoms. The zero-order chi connectivity index (χ0) is 17.1. The fraction of sp³-hybridized carbons (Fsp3) is 0.200. The molecule has 1 saturated heterocycles. The maximum Gasteiger partial charge on any atom is 0.255 e. The van der Waals surface area contributed by atoms with Crippen molar-refractivity contribution in [2.75, 3.05) is 36.5 Å². The van der Waals surface area contributed by atoms with Crippen LogP contribution in [0.25, 0.3) is 10.8 Å². The summed E-state index contributed by atoms with van der Waals surface area (Å²) in [6.45, 7) is 2.96. The molecule has 3 aromatic rings. The zero-order valence-corrected chi connectivity index (χ0v) is 13.8. The molecule has 0 aliphatic carbocycles. The smallest absolute Gasteiger partial charge is 0.255 e. The summed E-state index contributed by atoms with van der Waals surface area (Å²) < 4.78 is 5.37. The lowest BCUT2D eigenvalue weighted by Gasteiger charge is -2.27. The third kappa shape index (κ3) is 3.32. The van der Waals surface area contributed by atoms with Gasteiger partial charge in [0, 0.05) is 35.9 Å². The van der Waals surface area contributed by atoms with E-state index in [2.05, 4.69) is 15.2 Å². The van der Waals surface area contributed by atoms with Crippen LogP contribution in [0.2, 0.25) is 0 Å². The van der Waals surface area contributed by atoms with Crippen molar-refractivity contribution in [3.05, 3.63) is 66.4 Å². The van der Waals surface area contributed by atoms with Gasteiger partial charge in [-0.3, -0.25) is 4.79 Å². The van der Waals surface area contributed by atoms with Gasteiger partial charge in [0.25, 0.3) is 5.91 Å². The minimum absolute atomic E-state index is 0.131. The highest BCUT2D eigenvalue weighted by atomic mass is 16.5. The second-order valence-electron chi connectivity index (χ2n) is 5.98. The number of anilines is 2. The highest BCUT2D eigenvalue weighted by Gasteiger charge is 2.15. The van der Waals surface area contributed by atoms with Crippen LogP contribution in [0.5, 0.6) is 0 Å². The monoisotopic (exact) mass is 333 g/mol. The van der Waals surface area contributed by atoms with Crippen LogP contribution in [0, 0.1) is 0 Å². The average molecular weight is 333 g/mol. The Kier molecular flexibility index (Phi) is 4.31. The Morgan fingerprint density at radius 2 is 1.84 bits per heavy atom. The highest BCUT2D eigenvalue weighted by Crippen LogP contribution is 2.24. The number of carbonyl (C=O) groups excluding carboxylic acids is 1. The van der Waals surface area contributed by atoms with Gasteiger partial charge in [0.2, 0.25) is 0 Å². The first kappa shape index (κ1) is 15.6. The summed E-state index contributed by atoms with van der Waals surface area (Å²) in [7, 11) is 0. The number of nitrogens with zero attached hydrogens (tertiary/aromatic N) is 2. The highest BCUT2D eigenvalue weighted by molar-refractivity contribution is 6.09. The molecule has 0 bridgehead atoms. The van der Waals surface area contributed by atoms with E-state index in [-0.39, 0.29) is 5.91 Å². The van der Waals surface area contributed by atoms with Gasteiger partial charge in [-0.15, -0.1) is 0 Å². The van der Waals surface area contributed by atoms with Crippen molar-refractivity contribution in [2.24, 2.45) is 0 Å². The maximum absolute atomic E-state index is 12.7. The van der Waals surface area contributed by atoms with Gasteiger partial charge in [0.15, 0.2) is 0 Å². The number of fused-ring (bicyclic) bond motifs is 1. The molecule has 0 unspecified atom stereocenters. The Balaban J connectivity index is 1.58. The van der Waals surface area contributed by atoms with Crippen LogP contribution in [-0.2, 0) is 4.74 Å². The van der Waals surface area contributed by atoms with E-state index in [4.69, 9.17) is 4.74 Å². The SMILES string of the molecule is O=C(Nc1cccc2ccccc12)c1ccnc(N2CCOCC2)c1. The molecule has 0 atom stereocenters. The molecule has 1 aliphatic rings. The van der Waals surface area contributed by atoms with Crippen LogP contribution in [0.4, 0.5) is 11.5 Å². The van der Waals surface area contributed by atoms with Gasteiger partial charge in [-0.2, -0.15) is 0 Å². The molecule has 4 rings (SSSR count). The lowest BCUT2D eigenvalue weighted by atomic mass is 10.1. The summed E-state index contributed by atoms with van der Waals surface area (Å²) in [5, 5.41) is 5.15. The summed E-state index contributed by atoms with van der Waals surface area (Å²) in [4.78, 5) is 19.2. The fourth-order valence-electron chi connectivity index (χ4n) is 3.05.